The molecule has 0 unspecified atom stereocenters. The van der Waals surface area contributed by atoms with Crippen LogP contribution in [0.15, 0.2) is 24.3 Å². The molecule has 1 aromatic carbocycles. The van der Waals surface area contributed by atoms with Crippen molar-refractivity contribution in [2.75, 3.05) is 5.73 Å². The Morgan fingerprint density at radius 3 is 2.73 bits per heavy atom. The predicted molar refractivity (Wildman–Crippen MR) is 54.2 cm³/mol. The third-order valence-electron chi connectivity index (χ3n) is 1.69. The monoisotopic (exact) mass is 208 g/mol. The first kappa shape index (κ1) is 10.7. The lowest BCUT2D eigenvalue weighted by Crippen LogP contribution is -1.94. The molecule has 0 radical (unpaired) electrons. The van der Waals surface area contributed by atoms with Crippen molar-refractivity contribution in [3.63, 3.8) is 0 Å². The molecular formula is C9H8N2O4. The molecule has 78 valence electrons. The van der Waals surface area contributed by atoms with Gasteiger partial charge in [0.05, 0.1) is 4.92 Å². The fourth-order valence-electron chi connectivity index (χ4n) is 0.981. The van der Waals surface area contributed by atoms with Gasteiger partial charge in [-0.1, -0.05) is 0 Å². The zero-order valence-corrected chi connectivity index (χ0v) is 7.58. The molecule has 0 atom stereocenters. The number of hydrogen-bond donors (Lipinski definition) is 2. The lowest BCUT2D eigenvalue weighted by Gasteiger charge is -1.99. The standard InChI is InChI=1S/C9H8N2O4/c10-8-3-2-7(11(14)15)5-6(8)1-4-9(12)13/h1-5H,10H2,(H,12,13)/b4-1+. The van der Waals surface area contributed by atoms with Crippen molar-refractivity contribution in [2.24, 2.45) is 0 Å². The third-order valence-corrected chi connectivity index (χ3v) is 1.69. The number of benzene rings is 1. The van der Waals surface area contributed by atoms with Crippen LogP contribution in [0, 0.1) is 10.1 Å². The van der Waals surface area contributed by atoms with Gasteiger partial charge in [0.15, 0.2) is 0 Å². The van der Waals surface area contributed by atoms with Gasteiger partial charge in [0.25, 0.3) is 5.69 Å². The van der Waals surface area contributed by atoms with E-state index in [2.05, 4.69) is 0 Å². The number of rotatable bonds is 3. The number of carboxylic acids is 1. The van der Waals surface area contributed by atoms with Gasteiger partial charge in [0.1, 0.15) is 0 Å². The fraction of sp³-hybridized carbons (Fsp3) is 0. The van der Waals surface area contributed by atoms with Crippen molar-refractivity contribution in [3.05, 3.63) is 40.0 Å². The number of non-ortho nitro benzene ring substituents is 1. The van der Waals surface area contributed by atoms with Gasteiger partial charge in [-0.2, -0.15) is 0 Å². The second-order valence-corrected chi connectivity index (χ2v) is 2.74. The van der Waals surface area contributed by atoms with Crippen LogP contribution >= 0.6 is 0 Å². The largest absolute Gasteiger partial charge is 0.478 e. The van der Waals surface area contributed by atoms with E-state index in [0.29, 0.717) is 5.56 Å². The Kier molecular flexibility index (Phi) is 3.02. The van der Waals surface area contributed by atoms with Crippen LogP contribution in [0.4, 0.5) is 11.4 Å². The zero-order chi connectivity index (χ0) is 11.4. The van der Waals surface area contributed by atoms with Crippen LogP contribution in [0.1, 0.15) is 5.56 Å². The SMILES string of the molecule is Nc1ccc([N+](=O)[O-])cc1/C=C/C(=O)O. The maximum Gasteiger partial charge on any atom is 0.328 e. The van der Waals surface area contributed by atoms with E-state index >= 15 is 0 Å². The molecule has 6 heteroatoms. The van der Waals surface area contributed by atoms with Gasteiger partial charge in [-0.05, 0) is 12.1 Å². The van der Waals surface area contributed by atoms with Gasteiger partial charge >= 0.3 is 5.97 Å². The summed E-state index contributed by atoms with van der Waals surface area (Å²) < 4.78 is 0. The number of nitro benzene ring substituents is 1. The molecule has 0 aromatic heterocycles. The Hall–Kier alpha value is -2.37. The van der Waals surface area contributed by atoms with Gasteiger partial charge in [-0.3, -0.25) is 10.1 Å². The number of nitrogens with two attached hydrogens (primary N) is 1. The van der Waals surface area contributed by atoms with Crippen LogP contribution in [0.2, 0.25) is 0 Å². The first-order valence-electron chi connectivity index (χ1n) is 3.95. The Bertz CT molecular complexity index is 440. The van der Waals surface area contributed by atoms with Gasteiger partial charge in [0.2, 0.25) is 0 Å². The molecule has 0 saturated heterocycles. The summed E-state index contributed by atoms with van der Waals surface area (Å²) in [6.45, 7) is 0. The summed E-state index contributed by atoms with van der Waals surface area (Å²) in [4.78, 5) is 20.1. The van der Waals surface area contributed by atoms with Crippen molar-refractivity contribution < 1.29 is 14.8 Å². The first-order valence-corrected chi connectivity index (χ1v) is 3.95. The number of nitrogen functional groups attached to an aromatic ring is 1. The van der Waals surface area contributed by atoms with Crippen molar-refractivity contribution >= 4 is 23.4 Å². The van der Waals surface area contributed by atoms with Gasteiger partial charge in [-0.25, -0.2) is 4.79 Å². The summed E-state index contributed by atoms with van der Waals surface area (Å²) in [6.07, 6.45) is 2.08. The van der Waals surface area contributed by atoms with Crippen LogP contribution < -0.4 is 5.73 Å². The summed E-state index contributed by atoms with van der Waals surface area (Å²) >= 11 is 0. The number of aliphatic carboxylic acids is 1. The fourth-order valence-corrected chi connectivity index (χ4v) is 0.981. The van der Waals surface area contributed by atoms with Crippen molar-refractivity contribution in [1.82, 2.24) is 0 Å². The highest BCUT2D eigenvalue weighted by Crippen LogP contribution is 2.20. The van der Waals surface area contributed by atoms with E-state index in [1.807, 2.05) is 0 Å². The van der Waals surface area contributed by atoms with Gasteiger partial charge in [0, 0.05) is 29.5 Å². The molecule has 0 bridgehead atoms. The van der Waals surface area contributed by atoms with Gasteiger partial charge in [-0.15, -0.1) is 0 Å². The summed E-state index contributed by atoms with van der Waals surface area (Å²) in [5.74, 6) is -1.14. The minimum Gasteiger partial charge on any atom is -0.478 e. The molecule has 15 heavy (non-hydrogen) atoms. The normalized spacial score (nSPS) is 10.4. The molecule has 1 rings (SSSR count). The van der Waals surface area contributed by atoms with E-state index in [9.17, 15) is 14.9 Å². The average Bonchev–Trinajstić information content (AvgIpc) is 2.16. The first-order chi connectivity index (χ1) is 7.00. The Morgan fingerprint density at radius 2 is 2.20 bits per heavy atom. The molecule has 6 nitrogen and oxygen atoms in total. The van der Waals surface area contributed by atoms with Gasteiger partial charge < -0.3 is 10.8 Å². The molecular weight excluding hydrogens is 200 g/mol. The van der Waals surface area contributed by atoms with Crippen molar-refractivity contribution in [2.45, 2.75) is 0 Å². The molecule has 0 aliphatic rings. The molecule has 0 spiro atoms. The Morgan fingerprint density at radius 1 is 1.53 bits per heavy atom. The second-order valence-electron chi connectivity index (χ2n) is 2.74. The summed E-state index contributed by atoms with van der Waals surface area (Å²) in [5.41, 5.74) is 5.98. The minimum atomic E-state index is -1.14. The summed E-state index contributed by atoms with van der Waals surface area (Å²) in [5, 5.41) is 18.8. The van der Waals surface area contributed by atoms with Crippen LogP contribution in [-0.2, 0) is 4.79 Å². The predicted octanol–water partition coefficient (Wildman–Crippen LogP) is 1.27. The number of nitro groups is 1. The second kappa shape index (κ2) is 4.23. The van der Waals surface area contributed by atoms with Crippen molar-refractivity contribution in [3.8, 4) is 0 Å². The molecule has 0 aliphatic heterocycles. The Labute approximate surface area is 84.8 Å². The highest BCUT2D eigenvalue weighted by atomic mass is 16.6. The molecule has 0 fully saturated rings. The van der Waals surface area contributed by atoms with E-state index in [0.717, 1.165) is 6.08 Å². The number of hydrogen-bond acceptors (Lipinski definition) is 4. The number of carbonyl (C=O) groups is 1. The van der Waals surface area contributed by atoms with E-state index in [1.54, 1.807) is 0 Å². The molecule has 0 amide bonds. The van der Waals surface area contributed by atoms with Crippen LogP contribution in [0.3, 0.4) is 0 Å². The molecule has 1 aromatic rings. The average molecular weight is 208 g/mol. The molecule has 0 aliphatic carbocycles. The van der Waals surface area contributed by atoms with Crippen LogP contribution in [-0.4, -0.2) is 16.0 Å². The topological polar surface area (TPSA) is 106 Å². The number of carboxylic acid groups (broad SMARTS) is 1. The Balaban J connectivity index is 3.11. The molecule has 3 N–H and O–H groups in total. The van der Waals surface area contributed by atoms with Crippen LogP contribution in [0.25, 0.3) is 6.08 Å². The van der Waals surface area contributed by atoms with E-state index < -0.39 is 10.9 Å². The lowest BCUT2D eigenvalue weighted by atomic mass is 10.1. The summed E-state index contributed by atoms with van der Waals surface area (Å²) in [6, 6.07) is 3.84. The van der Waals surface area contributed by atoms with E-state index in [1.165, 1.54) is 24.3 Å². The summed E-state index contributed by atoms with van der Waals surface area (Å²) in [7, 11) is 0. The van der Waals surface area contributed by atoms with Crippen LogP contribution in [0.5, 0.6) is 0 Å². The molecule has 0 heterocycles. The number of anilines is 1. The quantitative estimate of drug-likeness (QED) is 0.336. The lowest BCUT2D eigenvalue weighted by molar-refractivity contribution is -0.384. The maximum absolute atomic E-state index is 10.4. The number of nitrogens with zero attached hydrogens (tertiary/aromatic N) is 1. The smallest absolute Gasteiger partial charge is 0.328 e. The highest BCUT2D eigenvalue weighted by Gasteiger charge is 2.07. The minimum absolute atomic E-state index is 0.130. The highest BCUT2D eigenvalue weighted by molar-refractivity contribution is 5.86. The van der Waals surface area contributed by atoms with Crippen molar-refractivity contribution in [1.29, 1.82) is 0 Å². The molecule has 0 saturated carbocycles. The third kappa shape index (κ3) is 2.80. The zero-order valence-electron chi connectivity index (χ0n) is 7.58. The van der Waals surface area contributed by atoms with E-state index in [4.69, 9.17) is 10.8 Å². The maximum atomic E-state index is 10.4. The van der Waals surface area contributed by atoms with E-state index in [-0.39, 0.29) is 11.4 Å².